The van der Waals surface area contributed by atoms with Gasteiger partial charge in [-0.15, -0.1) is 5.10 Å². The van der Waals surface area contributed by atoms with E-state index < -0.39 is 16.7 Å². The second-order valence-corrected chi connectivity index (χ2v) is 7.32. The molecule has 0 aliphatic heterocycles. The number of non-ortho nitro benzene ring substituents is 1. The number of methoxy groups -OCH3 is 1. The molecule has 4 rings (SSSR count). The summed E-state index contributed by atoms with van der Waals surface area (Å²) in [7, 11) is 1.56. The lowest BCUT2D eigenvalue weighted by atomic mass is 10.1. The van der Waals surface area contributed by atoms with Gasteiger partial charge in [-0.05, 0) is 48.0 Å². The van der Waals surface area contributed by atoms with Crippen LogP contribution >= 0.6 is 0 Å². The first-order chi connectivity index (χ1) is 17.4. The number of rotatable bonds is 8. The van der Waals surface area contributed by atoms with Crippen molar-refractivity contribution in [3.63, 3.8) is 0 Å². The van der Waals surface area contributed by atoms with Gasteiger partial charge in [0.1, 0.15) is 5.75 Å². The van der Waals surface area contributed by atoms with Crippen molar-refractivity contribution in [2.45, 2.75) is 0 Å². The first kappa shape index (κ1) is 23.8. The molecule has 1 aromatic heterocycles. The van der Waals surface area contributed by atoms with Crippen molar-refractivity contribution < 1.29 is 23.7 Å². The highest BCUT2D eigenvalue weighted by molar-refractivity contribution is 6.11. The van der Waals surface area contributed by atoms with E-state index in [0.717, 1.165) is 0 Å². The number of para-hydroxylation sites is 1. The molecule has 0 bridgehead atoms. The maximum absolute atomic E-state index is 12.8. The van der Waals surface area contributed by atoms with Crippen LogP contribution in [0.25, 0.3) is 17.5 Å². The van der Waals surface area contributed by atoms with Gasteiger partial charge in [0.2, 0.25) is 11.8 Å². The number of anilines is 2. The highest BCUT2D eigenvalue weighted by atomic mass is 16.6. The molecule has 2 amide bonds. The molecule has 2 N–H and O–H groups in total. The van der Waals surface area contributed by atoms with Crippen LogP contribution in [0.15, 0.2) is 83.3 Å². The molecule has 0 radical (unpaired) electrons. The van der Waals surface area contributed by atoms with Gasteiger partial charge < -0.3 is 14.5 Å². The number of ether oxygens (including phenoxy) is 1. The van der Waals surface area contributed by atoms with Crippen molar-refractivity contribution in [2.75, 3.05) is 17.7 Å². The molecule has 0 aliphatic rings. The van der Waals surface area contributed by atoms with Crippen molar-refractivity contribution in [2.24, 2.45) is 0 Å². The Morgan fingerprint density at radius 1 is 1.00 bits per heavy atom. The average molecular weight is 485 g/mol. The predicted molar refractivity (Wildman–Crippen MR) is 131 cm³/mol. The van der Waals surface area contributed by atoms with E-state index in [-0.39, 0.29) is 28.8 Å². The Labute approximate surface area is 204 Å². The zero-order chi connectivity index (χ0) is 25.5. The first-order valence-corrected chi connectivity index (χ1v) is 10.5. The van der Waals surface area contributed by atoms with Gasteiger partial charge in [0.25, 0.3) is 11.6 Å². The van der Waals surface area contributed by atoms with Crippen LogP contribution in [0.4, 0.5) is 17.4 Å². The molecule has 0 atom stereocenters. The SMILES string of the molecule is COc1ccc(-c2nnc(NC(=O)c3ccccc3NC(=O)/C=C/c3cccc([N+](=O)[O-])c3)o2)cc1. The van der Waals surface area contributed by atoms with E-state index in [1.165, 1.54) is 36.4 Å². The number of nitrogens with zero attached hydrogens (tertiary/aromatic N) is 3. The number of hydrogen-bond donors (Lipinski definition) is 2. The van der Waals surface area contributed by atoms with E-state index in [4.69, 9.17) is 9.15 Å². The van der Waals surface area contributed by atoms with E-state index in [2.05, 4.69) is 20.8 Å². The van der Waals surface area contributed by atoms with Crippen LogP contribution in [0.1, 0.15) is 15.9 Å². The Morgan fingerprint density at radius 3 is 2.53 bits per heavy atom. The zero-order valence-corrected chi connectivity index (χ0v) is 18.9. The summed E-state index contributed by atoms with van der Waals surface area (Å²) in [6.45, 7) is 0. The third-order valence-corrected chi connectivity index (χ3v) is 4.92. The third kappa shape index (κ3) is 5.78. The van der Waals surface area contributed by atoms with Gasteiger partial charge in [-0.1, -0.05) is 29.4 Å². The molecule has 0 saturated carbocycles. The number of nitro benzene ring substituents is 1. The monoisotopic (exact) mass is 485 g/mol. The Balaban J connectivity index is 1.44. The summed E-state index contributed by atoms with van der Waals surface area (Å²) in [4.78, 5) is 35.7. The highest BCUT2D eigenvalue weighted by Gasteiger charge is 2.16. The molecule has 4 aromatic rings. The number of aromatic nitrogens is 2. The lowest BCUT2D eigenvalue weighted by Crippen LogP contribution is -2.17. The van der Waals surface area contributed by atoms with Crippen LogP contribution in [0.3, 0.4) is 0 Å². The highest BCUT2D eigenvalue weighted by Crippen LogP contribution is 2.23. The van der Waals surface area contributed by atoms with Crippen molar-refractivity contribution in [3.8, 4) is 17.2 Å². The van der Waals surface area contributed by atoms with E-state index >= 15 is 0 Å². The number of carbonyl (C=O) groups is 2. The molecule has 1 heterocycles. The summed E-state index contributed by atoms with van der Waals surface area (Å²) >= 11 is 0. The maximum atomic E-state index is 12.8. The lowest BCUT2D eigenvalue weighted by Gasteiger charge is -2.08. The molecule has 0 saturated heterocycles. The van der Waals surface area contributed by atoms with E-state index in [0.29, 0.717) is 16.9 Å². The minimum Gasteiger partial charge on any atom is -0.497 e. The molecule has 3 aromatic carbocycles. The van der Waals surface area contributed by atoms with Crippen molar-refractivity contribution >= 4 is 35.3 Å². The van der Waals surface area contributed by atoms with E-state index in [1.807, 2.05) is 0 Å². The van der Waals surface area contributed by atoms with Crippen molar-refractivity contribution in [3.05, 3.63) is 100 Å². The molecule has 11 heteroatoms. The van der Waals surface area contributed by atoms with Gasteiger partial charge >= 0.3 is 6.01 Å². The van der Waals surface area contributed by atoms with Gasteiger partial charge in [-0.25, -0.2) is 0 Å². The fourth-order valence-corrected chi connectivity index (χ4v) is 3.17. The molecule has 11 nitrogen and oxygen atoms in total. The van der Waals surface area contributed by atoms with Crippen LogP contribution in [-0.2, 0) is 4.79 Å². The summed E-state index contributed by atoms with van der Waals surface area (Å²) in [6, 6.07) is 19.1. The summed E-state index contributed by atoms with van der Waals surface area (Å²) in [5.74, 6) is -0.217. The number of benzene rings is 3. The standard InChI is InChI=1S/C25H19N5O6/c1-35-19-12-10-17(11-13-19)24-28-29-25(36-24)27-23(32)20-7-2-3-8-21(20)26-22(31)14-9-16-5-4-6-18(15-16)30(33)34/h2-15H,1H3,(H,26,31)(H,27,29,32)/b14-9+. The topological polar surface area (TPSA) is 149 Å². The molecule has 0 fully saturated rings. The van der Waals surface area contributed by atoms with Crippen LogP contribution in [0.2, 0.25) is 0 Å². The number of carbonyl (C=O) groups excluding carboxylic acids is 2. The van der Waals surface area contributed by atoms with E-state index in [9.17, 15) is 19.7 Å². The van der Waals surface area contributed by atoms with Crippen LogP contribution in [-0.4, -0.2) is 34.0 Å². The fraction of sp³-hybridized carbons (Fsp3) is 0.0400. The minimum atomic E-state index is -0.571. The summed E-state index contributed by atoms with van der Waals surface area (Å²) in [5.41, 5.74) is 1.45. The van der Waals surface area contributed by atoms with E-state index in [1.54, 1.807) is 55.6 Å². The number of nitrogens with one attached hydrogen (secondary N) is 2. The zero-order valence-electron chi connectivity index (χ0n) is 18.9. The van der Waals surface area contributed by atoms with Crippen LogP contribution in [0, 0.1) is 10.1 Å². The molecule has 0 spiro atoms. The normalized spacial score (nSPS) is 10.7. The van der Waals surface area contributed by atoms with Gasteiger partial charge in [-0.2, -0.15) is 0 Å². The first-order valence-electron chi connectivity index (χ1n) is 10.5. The largest absolute Gasteiger partial charge is 0.497 e. The number of amides is 2. The summed E-state index contributed by atoms with van der Waals surface area (Å²) in [5, 5.41) is 23.8. The lowest BCUT2D eigenvalue weighted by molar-refractivity contribution is -0.384. The predicted octanol–water partition coefficient (Wildman–Crippen LogP) is 4.56. The summed E-state index contributed by atoms with van der Waals surface area (Å²) < 4.78 is 10.6. The molecule has 36 heavy (non-hydrogen) atoms. The quantitative estimate of drug-likeness (QED) is 0.210. The van der Waals surface area contributed by atoms with Gasteiger partial charge in [-0.3, -0.25) is 25.0 Å². The minimum absolute atomic E-state index is 0.0873. The van der Waals surface area contributed by atoms with Crippen molar-refractivity contribution in [1.29, 1.82) is 0 Å². The van der Waals surface area contributed by atoms with Gasteiger partial charge in [0.15, 0.2) is 0 Å². The smallest absolute Gasteiger partial charge is 0.322 e. The van der Waals surface area contributed by atoms with Crippen LogP contribution < -0.4 is 15.4 Å². The maximum Gasteiger partial charge on any atom is 0.322 e. The summed E-state index contributed by atoms with van der Waals surface area (Å²) in [6.07, 6.45) is 2.65. The fourth-order valence-electron chi connectivity index (χ4n) is 3.17. The van der Waals surface area contributed by atoms with Gasteiger partial charge in [0.05, 0.1) is 23.3 Å². The third-order valence-electron chi connectivity index (χ3n) is 4.92. The molecular formula is C25H19N5O6. The van der Waals surface area contributed by atoms with Crippen molar-refractivity contribution in [1.82, 2.24) is 10.2 Å². The number of hydrogen-bond acceptors (Lipinski definition) is 8. The average Bonchev–Trinajstić information content (AvgIpc) is 3.36. The second-order valence-electron chi connectivity index (χ2n) is 7.32. The Kier molecular flexibility index (Phi) is 7.11. The Hall–Kier alpha value is -5.32. The number of nitro groups is 1. The Morgan fingerprint density at radius 2 is 1.78 bits per heavy atom. The second kappa shape index (κ2) is 10.7. The Bertz CT molecular complexity index is 1450. The van der Waals surface area contributed by atoms with Crippen LogP contribution in [0.5, 0.6) is 5.75 Å². The molecule has 180 valence electrons. The molecule has 0 unspecified atom stereocenters. The van der Waals surface area contributed by atoms with Gasteiger partial charge in [0, 0.05) is 23.8 Å². The molecule has 0 aliphatic carbocycles. The molecular weight excluding hydrogens is 466 g/mol.